The van der Waals surface area contributed by atoms with Crippen molar-refractivity contribution < 1.29 is 9.72 Å². The summed E-state index contributed by atoms with van der Waals surface area (Å²) in [5.41, 5.74) is 1.03. The lowest BCUT2D eigenvalue weighted by atomic mass is 10.00. The molecule has 20 heavy (non-hydrogen) atoms. The molecule has 6 nitrogen and oxygen atoms in total. The van der Waals surface area contributed by atoms with Crippen LogP contribution in [0.4, 0.5) is 5.69 Å². The van der Waals surface area contributed by atoms with Crippen LogP contribution in [0.15, 0.2) is 24.3 Å². The Kier molecular flexibility index (Phi) is 4.68. The van der Waals surface area contributed by atoms with Gasteiger partial charge in [-0.2, -0.15) is 0 Å². The molecule has 1 heterocycles. The molecule has 1 aliphatic rings. The molecule has 0 spiro atoms. The Balaban J connectivity index is 2.06. The number of hydrogen-bond acceptors (Lipinski definition) is 4. The predicted molar refractivity (Wildman–Crippen MR) is 75.3 cm³/mol. The quantitative estimate of drug-likeness (QED) is 0.636. The van der Waals surface area contributed by atoms with E-state index in [1.807, 2.05) is 13.0 Å². The molecule has 2 N–H and O–H groups in total. The zero-order valence-corrected chi connectivity index (χ0v) is 11.5. The fourth-order valence-corrected chi connectivity index (χ4v) is 2.46. The van der Waals surface area contributed by atoms with Crippen LogP contribution in [0.5, 0.6) is 0 Å². The first-order chi connectivity index (χ1) is 9.60. The van der Waals surface area contributed by atoms with Crippen LogP contribution < -0.4 is 10.6 Å². The van der Waals surface area contributed by atoms with Gasteiger partial charge in [-0.3, -0.25) is 14.9 Å². The third-order valence-corrected chi connectivity index (χ3v) is 3.59. The summed E-state index contributed by atoms with van der Waals surface area (Å²) in [6.07, 6.45) is 2.17. The number of rotatable bonds is 5. The Morgan fingerprint density at radius 3 is 2.95 bits per heavy atom. The summed E-state index contributed by atoms with van der Waals surface area (Å²) in [6.45, 7) is 2.65. The topological polar surface area (TPSA) is 84.3 Å². The van der Waals surface area contributed by atoms with Crippen molar-refractivity contribution in [3.63, 3.8) is 0 Å². The number of carbonyl (C=O) groups excluding carboxylic acids is 1. The van der Waals surface area contributed by atoms with E-state index in [1.165, 1.54) is 6.07 Å². The van der Waals surface area contributed by atoms with Crippen LogP contribution in [0.2, 0.25) is 0 Å². The minimum absolute atomic E-state index is 0.0647. The van der Waals surface area contributed by atoms with E-state index in [0.717, 1.165) is 18.4 Å². The van der Waals surface area contributed by atoms with Gasteiger partial charge in [-0.1, -0.05) is 19.1 Å². The van der Waals surface area contributed by atoms with Crippen molar-refractivity contribution in [1.82, 2.24) is 10.6 Å². The van der Waals surface area contributed by atoms with E-state index in [1.54, 1.807) is 12.1 Å². The normalized spacial score (nSPS) is 20.2. The van der Waals surface area contributed by atoms with Crippen molar-refractivity contribution in [2.75, 3.05) is 6.54 Å². The van der Waals surface area contributed by atoms with Crippen LogP contribution in [-0.4, -0.2) is 23.4 Å². The molecule has 2 rings (SSSR count). The zero-order valence-electron chi connectivity index (χ0n) is 11.5. The highest BCUT2D eigenvalue weighted by atomic mass is 16.6. The van der Waals surface area contributed by atoms with Crippen LogP contribution in [0, 0.1) is 10.1 Å². The smallest absolute Gasteiger partial charge is 0.269 e. The van der Waals surface area contributed by atoms with Crippen LogP contribution in [0.25, 0.3) is 0 Å². The Morgan fingerprint density at radius 1 is 1.55 bits per heavy atom. The number of amides is 1. The molecule has 2 unspecified atom stereocenters. The SMILES string of the molecule is CCC(NC1CCC(=O)NC1)c1cccc([N+](=O)[O-])c1. The first kappa shape index (κ1) is 14.5. The van der Waals surface area contributed by atoms with E-state index in [-0.39, 0.29) is 28.6 Å². The van der Waals surface area contributed by atoms with Crippen molar-refractivity contribution in [2.24, 2.45) is 0 Å². The number of benzene rings is 1. The minimum Gasteiger partial charge on any atom is -0.355 e. The molecule has 1 aromatic carbocycles. The van der Waals surface area contributed by atoms with Gasteiger partial charge in [0.05, 0.1) is 4.92 Å². The van der Waals surface area contributed by atoms with Gasteiger partial charge in [-0.15, -0.1) is 0 Å². The van der Waals surface area contributed by atoms with Gasteiger partial charge >= 0.3 is 0 Å². The summed E-state index contributed by atoms with van der Waals surface area (Å²) >= 11 is 0. The second kappa shape index (κ2) is 6.47. The van der Waals surface area contributed by atoms with Gasteiger partial charge in [0.15, 0.2) is 0 Å². The molecule has 2 atom stereocenters. The molecule has 1 saturated heterocycles. The summed E-state index contributed by atoms with van der Waals surface area (Å²) in [5.74, 6) is 0.0893. The number of nitro groups is 1. The first-order valence-electron chi connectivity index (χ1n) is 6.87. The highest BCUT2D eigenvalue weighted by Crippen LogP contribution is 2.22. The van der Waals surface area contributed by atoms with Gasteiger partial charge in [0.25, 0.3) is 5.69 Å². The molecule has 1 fully saturated rings. The van der Waals surface area contributed by atoms with E-state index in [9.17, 15) is 14.9 Å². The summed E-state index contributed by atoms with van der Waals surface area (Å²) in [6, 6.07) is 7.00. The lowest BCUT2D eigenvalue weighted by molar-refractivity contribution is -0.384. The average molecular weight is 277 g/mol. The van der Waals surface area contributed by atoms with Gasteiger partial charge in [0, 0.05) is 37.2 Å². The van der Waals surface area contributed by atoms with E-state index in [0.29, 0.717) is 13.0 Å². The van der Waals surface area contributed by atoms with Crippen LogP contribution in [0.3, 0.4) is 0 Å². The first-order valence-corrected chi connectivity index (χ1v) is 6.87. The van der Waals surface area contributed by atoms with Crippen molar-refractivity contribution in [3.8, 4) is 0 Å². The second-order valence-electron chi connectivity index (χ2n) is 5.02. The number of carbonyl (C=O) groups is 1. The zero-order chi connectivity index (χ0) is 14.5. The number of piperidine rings is 1. The maximum atomic E-state index is 11.1. The molecule has 1 aromatic rings. The van der Waals surface area contributed by atoms with Crippen molar-refractivity contribution in [1.29, 1.82) is 0 Å². The minimum atomic E-state index is -0.378. The number of hydrogen-bond donors (Lipinski definition) is 2. The molecule has 0 radical (unpaired) electrons. The van der Waals surface area contributed by atoms with Gasteiger partial charge in [-0.25, -0.2) is 0 Å². The molecule has 1 amide bonds. The Bertz CT molecular complexity index is 494. The van der Waals surface area contributed by atoms with Crippen molar-refractivity contribution in [2.45, 2.75) is 38.3 Å². The average Bonchev–Trinajstić information content (AvgIpc) is 2.46. The van der Waals surface area contributed by atoms with Crippen LogP contribution in [-0.2, 0) is 4.79 Å². The van der Waals surface area contributed by atoms with Crippen molar-refractivity contribution in [3.05, 3.63) is 39.9 Å². The third kappa shape index (κ3) is 3.54. The van der Waals surface area contributed by atoms with E-state index < -0.39 is 0 Å². The van der Waals surface area contributed by atoms with Gasteiger partial charge in [-0.05, 0) is 18.4 Å². The van der Waals surface area contributed by atoms with E-state index >= 15 is 0 Å². The Morgan fingerprint density at radius 2 is 2.35 bits per heavy atom. The highest BCUT2D eigenvalue weighted by molar-refractivity contribution is 5.76. The fourth-order valence-electron chi connectivity index (χ4n) is 2.46. The molecular formula is C14H19N3O3. The lowest BCUT2D eigenvalue weighted by Crippen LogP contribution is -2.46. The molecular weight excluding hydrogens is 258 g/mol. The number of nitro benzene ring substituents is 1. The molecule has 0 aliphatic carbocycles. The third-order valence-electron chi connectivity index (χ3n) is 3.59. The molecule has 6 heteroatoms. The predicted octanol–water partition coefficient (Wildman–Crippen LogP) is 1.91. The molecule has 0 saturated carbocycles. The fraction of sp³-hybridized carbons (Fsp3) is 0.500. The highest BCUT2D eigenvalue weighted by Gasteiger charge is 2.21. The monoisotopic (exact) mass is 277 g/mol. The molecule has 1 aliphatic heterocycles. The van der Waals surface area contributed by atoms with Crippen LogP contribution in [0.1, 0.15) is 37.8 Å². The van der Waals surface area contributed by atoms with Gasteiger partial charge < -0.3 is 10.6 Å². The summed E-state index contributed by atoms with van der Waals surface area (Å²) in [5, 5.41) is 17.1. The van der Waals surface area contributed by atoms with E-state index in [4.69, 9.17) is 0 Å². The molecule has 0 bridgehead atoms. The van der Waals surface area contributed by atoms with Crippen molar-refractivity contribution >= 4 is 11.6 Å². The van der Waals surface area contributed by atoms with Crippen LogP contribution >= 0.6 is 0 Å². The Hall–Kier alpha value is -1.95. The summed E-state index contributed by atoms with van der Waals surface area (Å²) in [7, 11) is 0. The second-order valence-corrected chi connectivity index (χ2v) is 5.02. The Labute approximate surface area is 117 Å². The van der Waals surface area contributed by atoms with Gasteiger partial charge in [0.1, 0.15) is 0 Å². The lowest BCUT2D eigenvalue weighted by Gasteiger charge is -2.28. The summed E-state index contributed by atoms with van der Waals surface area (Å²) in [4.78, 5) is 21.6. The number of nitrogens with one attached hydrogen (secondary N) is 2. The standard InChI is InChI=1S/C14H19N3O3/c1-2-13(16-11-6-7-14(18)15-9-11)10-4-3-5-12(8-10)17(19)20/h3-5,8,11,13,16H,2,6-7,9H2,1H3,(H,15,18). The maximum Gasteiger partial charge on any atom is 0.269 e. The van der Waals surface area contributed by atoms with Gasteiger partial charge in [0.2, 0.25) is 5.91 Å². The largest absolute Gasteiger partial charge is 0.355 e. The molecule has 108 valence electrons. The van der Waals surface area contributed by atoms with E-state index in [2.05, 4.69) is 10.6 Å². The number of nitrogens with zero attached hydrogens (tertiary/aromatic N) is 1. The number of non-ortho nitro benzene ring substituents is 1. The summed E-state index contributed by atoms with van der Waals surface area (Å²) < 4.78 is 0. The molecule has 0 aromatic heterocycles. The maximum absolute atomic E-state index is 11.1.